The fraction of sp³-hybridized carbons (Fsp3) is 0.182. The second-order valence-corrected chi connectivity index (χ2v) is 3.29. The van der Waals surface area contributed by atoms with Crippen LogP contribution < -0.4 is 9.41 Å². The van der Waals surface area contributed by atoms with Crippen LogP contribution in [0.5, 0.6) is 11.5 Å². The molecule has 2 N–H and O–H groups in total. The van der Waals surface area contributed by atoms with Crippen molar-refractivity contribution in [2.75, 3.05) is 6.61 Å². The molecule has 6 nitrogen and oxygen atoms in total. The second kappa shape index (κ2) is 5.11. The summed E-state index contributed by atoms with van der Waals surface area (Å²) in [5.74, 6) is 0.577. The molecule has 2 rings (SSSR count). The van der Waals surface area contributed by atoms with Gasteiger partial charge in [0.05, 0.1) is 12.8 Å². The molecular formula is C11H13N4O2+. The summed E-state index contributed by atoms with van der Waals surface area (Å²) in [4.78, 5) is 0. The van der Waals surface area contributed by atoms with E-state index in [1.165, 1.54) is 4.68 Å². The molecule has 6 heteroatoms. The van der Waals surface area contributed by atoms with Crippen LogP contribution in [0.2, 0.25) is 0 Å². The molecule has 0 atom stereocenters. The van der Waals surface area contributed by atoms with Crippen LogP contribution in [0.4, 0.5) is 0 Å². The third-order valence-electron chi connectivity index (χ3n) is 2.06. The van der Waals surface area contributed by atoms with Crippen LogP contribution in [-0.4, -0.2) is 28.1 Å². The van der Waals surface area contributed by atoms with Crippen LogP contribution in [0.3, 0.4) is 0 Å². The molecule has 0 spiro atoms. The Balaban J connectivity index is 2.19. The fourth-order valence-electron chi connectivity index (χ4n) is 1.30. The third-order valence-corrected chi connectivity index (χ3v) is 2.06. The maximum Gasteiger partial charge on any atom is 0.288 e. The van der Waals surface area contributed by atoms with Crippen LogP contribution >= 0.6 is 0 Å². The van der Waals surface area contributed by atoms with E-state index in [0.717, 1.165) is 5.56 Å². The summed E-state index contributed by atoms with van der Waals surface area (Å²) in [7, 11) is 0. The summed E-state index contributed by atoms with van der Waals surface area (Å²) in [6.45, 7) is 2.37. The Morgan fingerprint density at radius 1 is 1.59 bits per heavy atom. The number of hydrogen-bond acceptors (Lipinski definition) is 4. The quantitative estimate of drug-likeness (QED) is 0.602. The standard InChI is InChI=1S/C11H12N4O2/c1-2-17-11-5-9(3-4-10(11)16)6-14-15-7-12-13-8-15/h3-8H,2H2,1H3,(H,14,16)/p+1. The average molecular weight is 233 g/mol. The Hall–Kier alpha value is -2.37. The van der Waals surface area contributed by atoms with Crippen LogP contribution in [-0.2, 0) is 0 Å². The molecule has 0 fully saturated rings. The number of phenols is 1. The maximum atomic E-state index is 9.53. The van der Waals surface area contributed by atoms with Gasteiger partial charge in [-0.3, -0.25) is 0 Å². The number of aromatic amines is 1. The van der Waals surface area contributed by atoms with Crippen LogP contribution in [0, 0.1) is 0 Å². The summed E-state index contributed by atoms with van der Waals surface area (Å²) in [5, 5.41) is 20.1. The number of nitrogens with zero attached hydrogens (tertiary/aromatic N) is 3. The van der Waals surface area contributed by atoms with Crippen molar-refractivity contribution in [1.82, 2.24) is 10.2 Å². The van der Waals surface area contributed by atoms with Gasteiger partial charge in [0, 0.05) is 5.10 Å². The third kappa shape index (κ3) is 2.81. The summed E-state index contributed by atoms with van der Waals surface area (Å²) in [5.41, 5.74) is 0.833. The lowest BCUT2D eigenvalue weighted by molar-refractivity contribution is -0.678. The fourth-order valence-corrected chi connectivity index (χ4v) is 1.30. The summed E-state index contributed by atoms with van der Waals surface area (Å²) in [6, 6.07) is 5.05. The Bertz CT molecular complexity index is 508. The molecule has 17 heavy (non-hydrogen) atoms. The van der Waals surface area contributed by atoms with Crippen molar-refractivity contribution in [2.24, 2.45) is 5.10 Å². The van der Waals surface area contributed by atoms with E-state index in [1.54, 1.807) is 37.1 Å². The molecule has 1 heterocycles. The highest BCUT2D eigenvalue weighted by molar-refractivity contribution is 5.80. The average Bonchev–Trinajstić information content (AvgIpc) is 2.83. The second-order valence-electron chi connectivity index (χ2n) is 3.29. The topological polar surface area (TPSA) is 74.4 Å². The largest absolute Gasteiger partial charge is 0.504 e. The van der Waals surface area contributed by atoms with Gasteiger partial charge < -0.3 is 9.84 Å². The molecule has 0 aliphatic rings. The number of aromatic nitrogens is 3. The van der Waals surface area contributed by atoms with Gasteiger partial charge in [-0.15, -0.1) is 14.9 Å². The molecule has 0 bridgehead atoms. The SMILES string of the molecule is CCOc1cc(/C=N/[n+]2cn[nH]c2)ccc1O. The first-order valence-electron chi connectivity index (χ1n) is 5.20. The van der Waals surface area contributed by atoms with Crippen molar-refractivity contribution in [3.05, 3.63) is 36.4 Å². The molecule has 0 amide bonds. The number of benzene rings is 1. The molecule has 1 aromatic heterocycles. The van der Waals surface area contributed by atoms with Gasteiger partial charge in [0.15, 0.2) is 11.5 Å². The zero-order valence-corrected chi connectivity index (χ0v) is 9.37. The van der Waals surface area contributed by atoms with E-state index in [1.807, 2.05) is 6.92 Å². The van der Waals surface area contributed by atoms with Crippen molar-refractivity contribution in [3.8, 4) is 11.5 Å². The number of H-pyrrole nitrogens is 1. The molecule has 1 aromatic carbocycles. The minimum absolute atomic E-state index is 0.125. The molecule has 0 saturated carbocycles. The number of aromatic hydroxyl groups is 1. The first-order valence-corrected chi connectivity index (χ1v) is 5.20. The van der Waals surface area contributed by atoms with E-state index < -0.39 is 0 Å². The van der Waals surface area contributed by atoms with E-state index in [-0.39, 0.29) is 5.75 Å². The van der Waals surface area contributed by atoms with Gasteiger partial charge in [-0.2, -0.15) is 0 Å². The van der Waals surface area contributed by atoms with E-state index in [4.69, 9.17) is 4.74 Å². The molecule has 0 unspecified atom stereocenters. The van der Waals surface area contributed by atoms with Crippen molar-refractivity contribution in [2.45, 2.75) is 6.92 Å². The van der Waals surface area contributed by atoms with E-state index in [9.17, 15) is 5.11 Å². The summed E-state index contributed by atoms with van der Waals surface area (Å²) in [6.07, 6.45) is 4.80. The molecule has 2 aromatic rings. The van der Waals surface area contributed by atoms with Gasteiger partial charge in [0.1, 0.15) is 0 Å². The summed E-state index contributed by atoms with van der Waals surface area (Å²) >= 11 is 0. The van der Waals surface area contributed by atoms with Gasteiger partial charge >= 0.3 is 0 Å². The first kappa shape index (κ1) is 11.1. The van der Waals surface area contributed by atoms with Crippen molar-refractivity contribution >= 4 is 6.21 Å². The van der Waals surface area contributed by atoms with Gasteiger partial charge in [-0.05, 0) is 30.7 Å². The number of nitrogens with one attached hydrogen (secondary N) is 1. The van der Waals surface area contributed by atoms with Gasteiger partial charge in [-0.1, -0.05) is 0 Å². The Morgan fingerprint density at radius 3 is 3.18 bits per heavy atom. The van der Waals surface area contributed by atoms with Crippen molar-refractivity contribution in [1.29, 1.82) is 0 Å². The number of phenolic OH excluding ortho intramolecular Hbond substituents is 1. The normalized spacial score (nSPS) is 10.9. The molecule has 0 aliphatic heterocycles. The predicted octanol–water partition coefficient (Wildman–Crippen LogP) is 0.684. The highest BCUT2D eigenvalue weighted by Gasteiger charge is 2.02. The monoisotopic (exact) mass is 233 g/mol. The zero-order valence-electron chi connectivity index (χ0n) is 9.37. The lowest BCUT2D eigenvalue weighted by Gasteiger charge is -2.05. The molecule has 0 radical (unpaired) electrons. The lowest BCUT2D eigenvalue weighted by atomic mass is 10.2. The van der Waals surface area contributed by atoms with Crippen LogP contribution in [0.25, 0.3) is 0 Å². The van der Waals surface area contributed by atoms with Gasteiger partial charge in [0.25, 0.3) is 6.33 Å². The highest BCUT2D eigenvalue weighted by atomic mass is 16.5. The Labute approximate surface area is 98.2 Å². The Kier molecular flexibility index (Phi) is 3.34. The van der Waals surface area contributed by atoms with Gasteiger partial charge in [0.2, 0.25) is 6.33 Å². The smallest absolute Gasteiger partial charge is 0.288 e. The maximum absolute atomic E-state index is 9.53. The predicted molar refractivity (Wildman–Crippen MR) is 61.1 cm³/mol. The minimum atomic E-state index is 0.125. The molecule has 0 saturated heterocycles. The molecule has 0 aliphatic carbocycles. The van der Waals surface area contributed by atoms with Crippen molar-refractivity contribution < 1.29 is 14.5 Å². The number of ether oxygens (including phenoxy) is 1. The minimum Gasteiger partial charge on any atom is -0.504 e. The summed E-state index contributed by atoms with van der Waals surface area (Å²) < 4.78 is 6.81. The lowest BCUT2D eigenvalue weighted by Crippen LogP contribution is -2.23. The number of rotatable bonds is 4. The van der Waals surface area contributed by atoms with E-state index in [2.05, 4.69) is 15.3 Å². The van der Waals surface area contributed by atoms with Crippen molar-refractivity contribution in [3.63, 3.8) is 0 Å². The number of hydrogen-bond donors (Lipinski definition) is 2. The molecule has 88 valence electrons. The van der Waals surface area contributed by atoms with E-state index in [0.29, 0.717) is 12.4 Å². The van der Waals surface area contributed by atoms with Gasteiger partial charge in [-0.25, -0.2) is 0 Å². The van der Waals surface area contributed by atoms with Crippen LogP contribution in [0.15, 0.2) is 36.0 Å². The van der Waals surface area contributed by atoms with Crippen LogP contribution in [0.1, 0.15) is 12.5 Å². The Morgan fingerprint density at radius 2 is 2.47 bits per heavy atom. The molecular weight excluding hydrogens is 220 g/mol. The highest BCUT2D eigenvalue weighted by Crippen LogP contribution is 2.25. The van der Waals surface area contributed by atoms with E-state index >= 15 is 0 Å². The zero-order chi connectivity index (χ0) is 12.1. The first-order chi connectivity index (χ1) is 8.29.